The van der Waals surface area contributed by atoms with Gasteiger partial charge in [-0.3, -0.25) is 14.6 Å². The van der Waals surface area contributed by atoms with Crippen molar-refractivity contribution in [3.63, 3.8) is 0 Å². The van der Waals surface area contributed by atoms with Gasteiger partial charge >= 0.3 is 5.97 Å². The molecule has 4 rings (SSSR count). The van der Waals surface area contributed by atoms with Crippen LogP contribution in [0, 0.1) is 0 Å². The number of aromatic nitrogens is 3. The third kappa shape index (κ3) is 5.90. The molecule has 2 N–H and O–H groups in total. The molecular formula is C26H22Cl2N4O4. The van der Waals surface area contributed by atoms with Gasteiger partial charge < -0.3 is 15.2 Å². The van der Waals surface area contributed by atoms with Crippen molar-refractivity contribution < 1.29 is 19.4 Å². The van der Waals surface area contributed by atoms with Crippen LogP contribution in [0.15, 0.2) is 54.9 Å². The number of carboxylic acids is 1. The number of fused-ring (bicyclic) bond motifs is 1. The Labute approximate surface area is 217 Å². The smallest absolute Gasteiger partial charge is 0.303 e. The maximum absolute atomic E-state index is 12.2. The molecule has 0 unspecified atom stereocenters. The summed E-state index contributed by atoms with van der Waals surface area (Å²) < 4.78 is 5.44. The van der Waals surface area contributed by atoms with Crippen LogP contribution in [-0.2, 0) is 16.0 Å². The highest BCUT2D eigenvalue weighted by molar-refractivity contribution is 6.35. The summed E-state index contributed by atoms with van der Waals surface area (Å²) in [7, 11) is 1.59. The highest BCUT2D eigenvalue weighted by Crippen LogP contribution is 2.34. The Kier molecular flexibility index (Phi) is 7.97. The van der Waals surface area contributed by atoms with Gasteiger partial charge in [0.25, 0.3) is 0 Å². The minimum absolute atomic E-state index is 0.0564. The molecule has 0 atom stereocenters. The standard InChI is InChI=1S/C26H22Cl2N4O4/c1-36-17-8-9-18-19(11-17)26(32-31-23(18)12-20-21(27)13-29-14-22(20)28)15-4-2-5-16(10-15)30-24(33)6-3-7-25(34)35/h2,4-5,8-11,13-14H,3,6-7,12H2,1H3,(H,30,33)(H,34,35). The highest BCUT2D eigenvalue weighted by atomic mass is 35.5. The van der Waals surface area contributed by atoms with E-state index in [0.29, 0.717) is 44.9 Å². The van der Waals surface area contributed by atoms with E-state index in [2.05, 4.69) is 20.5 Å². The fourth-order valence-electron chi connectivity index (χ4n) is 3.80. The topological polar surface area (TPSA) is 114 Å². The number of ether oxygens (including phenoxy) is 1. The van der Waals surface area contributed by atoms with Crippen LogP contribution in [0.5, 0.6) is 5.75 Å². The summed E-state index contributed by atoms with van der Waals surface area (Å²) in [6.07, 6.45) is 3.77. The molecule has 2 aromatic heterocycles. The molecular weight excluding hydrogens is 503 g/mol. The van der Waals surface area contributed by atoms with Crippen LogP contribution in [0.4, 0.5) is 5.69 Å². The average Bonchev–Trinajstić information content (AvgIpc) is 2.85. The number of amides is 1. The lowest BCUT2D eigenvalue weighted by molar-refractivity contribution is -0.137. The molecule has 0 saturated carbocycles. The Morgan fingerprint density at radius 3 is 2.50 bits per heavy atom. The molecule has 0 aliphatic rings. The number of halogens is 2. The summed E-state index contributed by atoms with van der Waals surface area (Å²) >= 11 is 12.7. The van der Waals surface area contributed by atoms with Crippen molar-refractivity contribution in [2.24, 2.45) is 0 Å². The van der Waals surface area contributed by atoms with Crippen LogP contribution in [0.25, 0.3) is 22.0 Å². The van der Waals surface area contributed by atoms with E-state index >= 15 is 0 Å². The Morgan fingerprint density at radius 2 is 1.78 bits per heavy atom. The van der Waals surface area contributed by atoms with E-state index in [1.54, 1.807) is 25.3 Å². The van der Waals surface area contributed by atoms with Crippen molar-refractivity contribution in [3.05, 3.63) is 76.2 Å². The first-order valence-corrected chi connectivity index (χ1v) is 11.8. The zero-order valence-electron chi connectivity index (χ0n) is 19.3. The first-order chi connectivity index (χ1) is 17.4. The molecule has 0 radical (unpaired) electrons. The van der Waals surface area contributed by atoms with Crippen LogP contribution < -0.4 is 10.1 Å². The largest absolute Gasteiger partial charge is 0.497 e. The van der Waals surface area contributed by atoms with Gasteiger partial charge in [0, 0.05) is 53.7 Å². The minimum Gasteiger partial charge on any atom is -0.497 e. The molecule has 36 heavy (non-hydrogen) atoms. The van der Waals surface area contributed by atoms with Crippen LogP contribution in [0.1, 0.15) is 30.5 Å². The molecule has 0 spiro atoms. The predicted octanol–water partition coefficient (Wildman–Crippen LogP) is 5.79. The number of nitrogens with zero attached hydrogens (tertiary/aromatic N) is 3. The molecule has 1 amide bonds. The van der Waals surface area contributed by atoms with E-state index in [1.165, 1.54) is 12.4 Å². The molecule has 0 saturated heterocycles. The number of hydrogen-bond acceptors (Lipinski definition) is 6. The van der Waals surface area contributed by atoms with Crippen LogP contribution >= 0.6 is 23.2 Å². The van der Waals surface area contributed by atoms with Crippen LogP contribution in [0.3, 0.4) is 0 Å². The first kappa shape index (κ1) is 25.3. The summed E-state index contributed by atoms with van der Waals surface area (Å²) in [5, 5.41) is 23.1. The number of rotatable bonds is 9. The molecule has 0 aliphatic heterocycles. The second-order valence-electron chi connectivity index (χ2n) is 8.04. The van der Waals surface area contributed by atoms with Crippen molar-refractivity contribution in [1.82, 2.24) is 15.2 Å². The predicted molar refractivity (Wildman–Crippen MR) is 139 cm³/mol. The van der Waals surface area contributed by atoms with Gasteiger partial charge in [0.05, 0.1) is 22.8 Å². The first-order valence-electron chi connectivity index (χ1n) is 11.1. The van der Waals surface area contributed by atoms with Crippen molar-refractivity contribution >= 4 is 51.5 Å². The summed E-state index contributed by atoms with van der Waals surface area (Å²) in [6.45, 7) is 0. The number of anilines is 1. The van der Waals surface area contributed by atoms with E-state index in [-0.39, 0.29) is 25.2 Å². The highest BCUT2D eigenvalue weighted by Gasteiger charge is 2.16. The Balaban J connectivity index is 1.69. The Bertz CT molecular complexity index is 1420. The Morgan fingerprint density at radius 1 is 1.00 bits per heavy atom. The summed E-state index contributed by atoms with van der Waals surface area (Å²) in [4.78, 5) is 26.9. The van der Waals surface area contributed by atoms with E-state index in [9.17, 15) is 9.59 Å². The zero-order valence-corrected chi connectivity index (χ0v) is 20.8. The number of hydrogen-bond donors (Lipinski definition) is 2. The number of benzene rings is 2. The van der Waals surface area contributed by atoms with Gasteiger partial charge in [-0.2, -0.15) is 5.10 Å². The molecule has 184 valence electrons. The number of nitrogens with one attached hydrogen (secondary N) is 1. The maximum atomic E-state index is 12.2. The summed E-state index contributed by atoms with van der Waals surface area (Å²) in [5.74, 6) is -0.527. The molecule has 8 nitrogen and oxygen atoms in total. The van der Waals surface area contributed by atoms with Crippen molar-refractivity contribution in [3.8, 4) is 17.0 Å². The lowest BCUT2D eigenvalue weighted by Gasteiger charge is -2.13. The summed E-state index contributed by atoms with van der Waals surface area (Å²) in [6, 6.07) is 12.9. The monoisotopic (exact) mass is 524 g/mol. The lowest BCUT2D eigenvalue weighted by Crippen LogP contribution is -2.12. The number of carboxylic acid groups (broad SMARTS) is 1. The van der Waals surface area contributed by atoms with Gasteiger partial charge in [-0.05, 0) is 42.3 Å². The van der Waals surface area contributed by atoms with Gasteiger partial charge in [0.2, 0.25) is 5.91 Å². The molecule has 10 heteroatoms. The van der Waals surface area contributed by atoms with E-state index < -0.39 is 5.97 Å². The Hall–Kier alpha value is -3.75. The van der Waals surface area contributed by atoms with Crippen molar-refractivity contribution in [2.45, 2.75) is 25.7 Å². The maximum Gasteiger partial charge on any atom is 0.303 e. The van der Waals surface area contributed by atoms with E-state index in [4.69, 9.17) is 33.0 Å². The van der Waals surface area contributed by atoms with Crippen molar-refractivity contribution in [1.29, 1.82) is 0 Å². The number of aliphatic carboxylic acids is 1. The van der Waals surface area contributed by atoms with E-state index in [0.717, 1.165) is 16.3 Å². The summed E-state index contributed by atoms with van der Waals surface area (Å²) in [5.41, 5.74) is 3.33. The van der Waals surface area contributed by atoms with Gasteiger partial charge in [-0.25, -0.2) is 0 Å². The molecule has 4 aromatic rings. The van der Waals surface area contributed by atoms with E-state index in [1.807, 2.05) is 24.3 Å². The van der Waals surface area contributed by atoms with Crippen LogP contribution in [-0.4, -0.2) is 39.3 Å². The number of carbonyl (C=O) groups is 2. The zero-order chi connectivity index (χ0) is 25.7. The molecule has 2 heterocycles. The van der Waals surface area contributed by atoms with Gasteiger partial charge in [0.15, 0.2) is 0 Å². The number of pyridine rings is 1. The number of methoxy groups -OCH3 is 1. The van der Waals surface area contributed by atoms with Gasteiger partial charge in [-0.15, -0.1) is 5.10 Å². The van der Waals surface area contributed by atoms with Gasteiger partial charge in [0.1, 0.15) is 11.4 Å². The second-order valence-corrected chi connectivity index (χ2v) is 8.86. The third-order valence-electron chi connectivity index (χ3n) is 5.57. The second kappa shape index (κ2) is 11.3. The molecule has 0 fully saturated rings. The lowest BCUT2D eigenvalue weighted by atomic mass is 10.00. The SMILES string of the molecule is COc1ccc2c(Cc3c(Cl)cncc3Cl)nnc(-c3cccc(NC(=O)CCCC(=O)O)c3)c2c1. The molecule has 2 aromatic carbocycles. The molecule has 0 aliphatic carbocycles. The molecule has 0 bridgehead atoms. The van der Waals surface area contributed by atoms with Crippen molar-refractivity contribution in [2.75, 3.05) is 12.4 Å². The number of carbonyl (C=O) groups excluding carboxylic acids is 1. The minimum atomic E-state index is -0.928. The normalized spacial score (nSPS) is 10.9. The average molecular weight is 525 g/mol. The quantitative estimate of drug-likeness (QED) is 0.284. The van der Waals surface area contributed by atoms with Crippen LogP contribution in [0.2, 0.25) is 10.0 Å². The fourth-order valence-corrected chi connectivity index (χ4v) is 4.30. The third-order valence-corrected chi connectivity index (χ3v) is 6.23. The fraction of sp³-hybridized carbons (Fsp3) is 0.192. The van der Waals surface area contributed by atoms with Gasteiger partial charge in [-0.1, -0.05) is 35.3 Å².